The van der Waals surface area contributed by atoms with Crippen LogP contribution in [0.15, 0.2) is 57.5 Å². The zero-order valence-corrected chi connectivity index (χ0v) is 21.7. The van der Waals surface area contributed by atoms with Gasteiger partial charge in [0.1, 0.15) is 4.36 Å². The van der Waals surface area contributed by atoms with Crippen molar-refractivity contribution in [1.82, 2.24) is 0 Å². The zero-order chi connectivity index (χ0) is 23.7. The topological polar surface area (TPSA) is 54.4 Å². The van der Waals surface area contributed by atoms with Gasteiger partial charge in [-0.15, -0.1) is 0 Å². The molecule has 3 rings (SSSR count). The third kappa shape index (κ3) is 5.18. The van der Waals surface area contributed by atoms with Crippen molar-refractivity contribution in [3.05, 3.63) is 57.5 Å². The van der Waals surface area contributed by atoms with Crippen molar-refractivity contribution in [2.45, 2.75) is 96.3 Å². The summed E-state index contributed by atoms with van der Waals surface area (Å²) in [7, 11) is -3.48. The molecule has 0 aromatic heterocycles. The van der Waals surface area contributed by atoms with E-state index >= 15 is 0 Å². The first-order chi connectivity index (χ1) is 14.9. The van der Waals surface area contributed by atoms with Crippen molar-refractivity contribution >= 4 is 21.4 Å². The van der Waals surface area contributed by atoms with Gasteiger partial charge in [0.05, 0.1) is 10.9 Å². The van der Waals surface area contributed by atoms with Crippen LogP contribution in [0.3, 0.4) is 0 Å². The number of sulfone groups is 1. The molecule has 0 radical (unpaired) electrons. The molecule has 32 heavy (non-hydrogen) atoms. The highest BCUT2D eigenvalue weighted by atomic mass is 35.5. The standard InChI is InChI=1S/C27H39ClO3S/c1-19-11-15-23(29)18-21(19)13-12-20-8-7-17-27(5)22(14-16-24(20)27)9-6-10-25(28)32(30,31)26(2,3)4/h10,12-14,23-24,29H,1,6-9,11,15-18H2,2-5H3/b20-12+,21-13-,25-10+/t23?,24-,27+/m0/s1. The Morgan fingerprint density at radius 3 is 2.72 bits per heavy atom. The second kappa shape index (κ2) is 9.64. The van der Waals surface area contributed by atoms with Crippen LogP contribution in [0, 0.1) is 11.3 Å². The number of hydrogen-bond acceptors (Lipinski definition) is 3. The largest absolute Gasteiger partial charge is 0.393 e. The molecule has 3 atom stereocenters. The summed E-state index contributed by atoms with van der Waals surface area (Å²) in [5.74, 6) is 0.502. The third-order valence-corrected chi connectivity index (χ3v) is 10.7. The predicted octanol–water partition coefficient (Wildman–Crippen LogP) is 7.15. The minimum Gasteiger partial charge on any atom is -0.393 e. The summed E-state index contributed by atoms with van der Waals surface area (Å²) >= 11 is 6.19. The van der Waals surface area contributed by atoms with Crippen LogP contribution in [-0.4, -0.2) is 24.4 Å². The van der Waals surface area contributed by atoms with E-state index in [9.17, 15) is 13.5 Å². The lowest BCUT2D eigenvalue weighted by Gasteiger charge is -2.41. The molecular weight excluding hydrogens is 440 g/mol. The van der Waals surface area contributed by atoms with E-state index in [4.69, 9.17) is 11.6 Å². The first kappa shape index (κ1) is 25.5. The number of aliphatic hydroxyl groups is 1. The first-order valence-electron chi connectivity index (χ1n) is 11.9. The molecule has 3 aliphatic rings. The summed E-state index contributed by atoms with van der Waals surface area (Å²) in [5.41, 5.74) is 5.41. The molecule has 0 heterocycles. The number of rotatable bonds is 5. The second-order valence-corrected chi connectivity index (χ2v) is 14.2. The molecule has 1 N–H and O–H groups in total. The Kier molecular flexibility index (Phi) is 7.69. The van der Waals surface area contributed by atoms with E-state index in [2.05, 4.69) is 31.7 Å². The van der Waals surface area contributed by atoms with Crippen molar-refractivity contribution < 1.29 is 13.5 Å². The van der Waals surface area contributed by atoms with Crippen molar-refractivity contribution in [3.63, 3.8) is 0 Å². The van der Waals surface area contributed by atoms with Gasteiger partial charge >= 0.3 is 0 Å². The van der Waals surface area contributed by atoms with Crippen LogP contribution in [0.5, 0.6) is 0 Å². The lowest BCUT2D eigenvalue weighted by Crippen LogP contribution is -2.30. The fourth-order valence-electron chi connectivity index (χ4n) is 5.43. The summed E-state index contributed by atoms with van der Waals surface area (Å²) in [6, 6.07) is 0. The van der Waals surface area contributed by atoms with E-state index in [0.717, 1.165) is 44.1 Å². The first-order valence-corrected chi connectivity index (χ1v) is 13.8. The lowest BCUT2D eigenvalue weighted by molar-refractivity contribution is 0.158. The highest BCUT2D eigenvalue weighted by molar-refractivity contribution is 7.98. The molecule has 0 saturated heterocycles. The van der Waals surface area contributed by atoms with Crippen LogP contribution in [0.25, 0.3) is 0 Å². The monoisotopic (exact) mass is 478 g/mol. The highest BCUT2D eigenvalue weighted by Gasteiger charge is 2.44. The summed E-state index contributed by atoms with van der Waals surface area (Å²) in [6.45, 7) is 11.6. The van der Waals surface area contributed by atoms with Gasteiger partial charge in [-0.3, -0.25) is 0 Å². The molecule has 0 aliphatic heterocycles. The summed E-state index contributed by atoms with van der Waals surface area (Å²) in [6.07, 6.45) is 16.7. The Hall–Kier alpha value is -1.10. The van der Waals surface area contributed by atoms with Crippen LogP contribution >= 0.6 is 11.6 Å². The highest BCUT2D eigenvalue weighted by Crippen LogP contribution is 2.55. The van der Waals surface area contributed by atoms with Gasteiger partial charge in [0, 0.05) is 0 Å². The van der Waals surface area contributed by atoms with Gasteiger partial charge in [0.2, 0.25) is 0 Å². The fraction of sp³-hybridized carbons (Fsp3) is 0.630. The summed E-state index contributed by atoms with van der Waals surface area (Å²) < 4.78 is 24.1. The Morgan fingerprint density at radius 1 is 1.31 bits per heavy atom. The van der Waals surface area contributed by atoms with Crippen molar-refractivity contribution in [1.29, 1.82) is 0 Å². The number of fused-ring (bicyclic) bond motifs is 1. The average Bonchev–Trinajstić information content (AvgIpc) is 3.04. The Labute approximate surface area is 199 Å². The normalized spacial score (nSPS) is 32.4. The number of hydrogen-bond donors (Lipinski definition) is 1. The van der Waals surface area contributed by atoms with E-state index < -0.39 is 14.6 Å². The number of allylic oxidation sites excluding steroid dienone is 7. The van der Waals surface area contributed by atoms with Gasteiger partial charge in [0.15, 0.2) is 9.84 Å². The van der Waals surface area contributed by atoms with Crippen LogP contribution in [0.4, 0.5) is 0 Å². The maximum absolute atomic E-state index is 12.5. The Morgan fingerprint density at radius 2 is 2.03 bits per heavy atom. The molecule has 2 fully saturated rings. The summed E-state index contributed by atoms with van der Waals surface area (Å²) in [5, 5.41) is 10.0. The van der Waals surface area contributed by atoms with Gasteiger partial charge in [-0.1, -0.05) is 66.1 Å². The minimum atomic E-state index is -3.48. The van der Waals surface area contributed by atoms with E-state index in [1.807, 2.05) is 0 Å². The van der Waals surface area contributed by atoms with E-state index in [1.165, 1.54) is 23.1 Å². The molecule has 178 valence electrons. The number of halogens is 1. The molecule has 5 heteroatoms. The molecule has 0 bridgehead atoms. The smallest absolute Gasteiger partial charge is 0.193 e. The molecule has 0 spiro atoms. The molecule has 0 aromatic carbocycles. The van der Waals surface area contributed by atoms with E-state index in [-0.39, 0.29) is 15.9 Å². The molecule has 3 aliphatic carbocycles. The van der Waals surface area contributed by atoms with Crippen LogP contribution in [0.1, 0.15) is 85.5 Å². The lowest BCUT2D eigenvalue weighted by atomic mass is 9.63. The van der Waals surface area contributed by atoms with E-state index in [1.54, 1.807) is 26.8 Å². The molecule has 1 unspecified atom stereocenters. The minimum absolute atomic E-state index is 0.0314. The van der Waals surface area contributed by atoms with Gasteiger partial charge in [-0.05, 0) is 95.5 Å². The van der Waals surface area contributed by atoms with Crippen molar-refractivity contribution in [2.24, 2.45) is 11.3 Å². The van der Waals surface area contributed by atoms with Crippen molar-refractivity contribution in [3.8, 4) is 0 Å². The van der Waals surface area contributed by atoms with Crippen LogP contribution in [0.2, 0.25) is 0 Å². The third-order valence-electron chi connectivity index (χ3n) is 7.68. The molecule has 3 nitrogen and oxygen atoms in total. The quantitative estimate of drug-likeness (QED) is 0.427. The Bertz CT molecular complexity index is 975. The molecular formula is C27H39ClO3S. The van der Waals surface area contributed by atoms with Gasteiger partial charge in [-0.25, -0.2) is 8.42 Å². The zero-order valence-electron chi connectivity index (χ0n) is 20.1. The maximum Gasteiger partial charge on any atom is 0.193 e. The van der Waals surface area contributed by atoms with Crippen LogP contribution < -0.4 is 0 Å². The maximum atomic E-state index is 12.5. The predicted molar refractivity (Wildman–Crippen MR) is 135 cm³/mol. The van der Waals surface area contributed by atoms with Crippen molar-refractivity contribution in [2.75, 3.05) is 0 Å². The van der Waals surface area contributed by atoms with Gasteiger partial charge in [-0.2, -0.15) is 0 Å². The number of aliphatic hydroxyl groups excluding tert-OH is 1. The molecule has 0 aromatic rings. The van der Waals surface area contributed by atoms with Gasteiger partial charge < -0.3 is 5.11 Å². The SMILES string of the molecule is C=C1CCC(O)C/C1=C/C=C1\CCC[C@]2(C)C(CC/C=C(\Cl)S(=O)(=O)C(C)(C)C)=CC[C@@H]12. The summed E-state index contributed by atoms with van der Waals surface area (Å²) in [4.78, 5) is 0. The Balaban J connectivity index is 1.70. The molecule has 0 amide bonds. The van der Waals surface area contributed by atoms with Crippen LogP contribution in [-0.2, 0) is 9.84 Å². The van der Waals surface area contributed by atoms with E-state index in [0.29, 0.717) is 18.8 Å². The second-order valence-electron chi connectivity index (χ2n) is 10.9. The fourth-order valence-corrected chi connectivity index (χ4v) is 7.16. The average molecular weight is 479 g/mol. The van der Waals surface area contributed by atoms with Gasteiger partial charge in [0.25, 0.3) is 0 Å². The molecule has 2 saturated carbocycles.